The van der Waals surface area contributed by atoms with Gasteiger partial charge in [-0.2, -0.15) is 0 Å². The molecule has 0 aromatic heterocycles. The van der Waals surface area contributed by atoms with Gasteiger partial charge in [-0.15, -0.1) is 0 Å². The van der Waals surface area contributed by atoms with Crippen molar-refractivity contribution in [2.45, 2.75) is 59.9 Å². The van der Waals surface area contributed by atoms with E-state index >= 15 is 0 Å². The Kier molecular flexibility index (Phi) is 6.57. The minimum Gasteiger partial charge on any atom is -0.385 e. The normalized spacial score (nSPS) is 16.5. The van der Waals surface area contributed by atoms with Crippen LogP contribution in [-0.4, -0.2) is 25.8 Å². The van der Waals surface area contributed by atoms with Crippen LogP contribution in [0.2, 0.25) is 0 Å². The Morgan fingerprint density at radius 1 is 1.12 bits per heavy atom. The zero-order valence-electron chi connectivity index (χ0n) is 12.3. The average molecular weight is 229 g/mol. The quantitative estimate of drug-likeness (QED) is 0.675. The SMILES string of the molecule is COCCCC(C)(CNC(C)(C)C)C(C)C. The zero-order valence-corrected chi connectivity index (χ0v) is 12.3. The second kappa shape index (κ2) is 6.61. The van der Waals surface area contributed by atoms with Gasteiger partial charge in [0.05, 0.1) is 0 Å². The fourth-order valence-electron chi connectivity index (χ4n) is 1.67. The molecule has 0 saturated heterocycles. The van der Waals surface area contributed by atoms with Crippen molar-refractivity contribution in [1.82, 2.24) is 5.32 Å². The molecule has 0 aromatic rings. The summed E-state index contributed by atoms with van der Waals surface area (Å²) in [6.07, 6.45) is 2.37. The number of ether oxygens (including phenoxy) is 1. The van der Waals surface area contributed by atoms with E-state index in [2.05, 4.69) is 46.9 Å². The third-order valence-corrected chi connectivity index (χ3v) is 3.51. The van der Waals surface area contributed by atoms with Gasteiger partial charge in [-0.05, 0) is 44.9 Å². The predicted octanol–water partition coefficient (Wildman–Crippen LogP) is 3.46. The van der Waals surface area contributed by atoms with Crippen molar-refractivity contribution in [3.63, 3.8) is 0 Å². The van der Waals surface area contributed by atoms with E-state index in [1.165, 1.54) is 6.42 Å². The fourth-order valence-corrected chi connectivity index (χ4v) is 1.67. The Morgan fingerprint density at radius 3 is 2.06 bits per heavy atom. The number of hydrogen-bond donors (Lipinski definition) is 1. The molecule has 0 saturated carbocycles. The molecule has 0 bridgehead atoms. The Bertz CT molecular complexity index is 184. The van der Waals surface area contributed by atoms with Gasteiger partial charge in [-0.25, -0.2) is 0 Å². The van der Waals surface area contributed by atoms with Crippen LogP contribution in [0.4, 0.5) is 0 Å². The number of hydrogen-bond acceptors (Lipinski definition) is 2. The fraction of sp³-hybridized carbons (Fsp3) is 1.00. The van der Waals surface area contributed by atoms with Crippen LogP contribution in [0.1, 0.15) is 54.4 Å². The molecule has 0 aliphatic rings. The maximum atomic E-state index is 5.14. The molecule has 98 valence electrons. The summed E-state index contributed by atoms with van der Waals surface area (Å²) in [5.41, 5.74) is 0.573. The van der Waals surface area contributed by atoms with Crippen LogP contribution in [0.3, 0.4) is 0 Å². The first-order valence-electron chi connectivity index (χ1n) is 6.45. The van der Waals surface area contributed by atoms with Gasteiger partial charge in [0.25, 0.3) is 0 Å². The molecule has 0 fully saturated rings. The number of nitrogens with one attached hydrogen (secondary N) is 1. The topological polar surface area (TPSA) is 21.3 Å². The van der Waals surface area contributed by atoms with Crippen LogP contribution < -0.4 is 5.32 Å². The lowest BCUT2D eigenvalue weighted by Crippen LogP contribution is -2.45. The minimum absolute atomic E-state index is 0.206. The standard InChI is InChI=1S/C14H31NO/c1-12(2)14(6,9-8-10-16-7)11-15-13(3,4)5/h12,15H,8-11H2,1-7H3. The van der Waals surface area contributed by atoms with Crippen molar-refractivity contribution in [2.75, 3.05) is 20.3 Å². The van der Waals surface area contributed by atoms with Gasteiger partial charge < -0.3 is 10.1 Å². The Hall–Kier alpha value is -0.0800. The number of rotatable bonds is 7. The molecular formula is C14H31NO. The van der Waals surface area contributed by atoms with Crippen molar-refractivity contribution in [2.24, 2.45) is 11.3 Å². The summed E-state index contributed by atoms with van der Waals surface area (Å²) in [4.78, 5) is 0. The molecule has 2 nitrogen and oxygen atoms in total. The lowest BCUT2D eigenvalue weighted by Gasteiger charge is -2.37. The van der Waals surface area contributed by atoms with Gasteiger partial charge in [0, 0.05) is 25.8 Å². The average Bonchev–Trinajstić information content (AvgIpc) is 2.14. The van der Waals surface area contributed by atoms with Crippen molar-refractivity contribution in [3.05, 3.63) is 0 Å². The van der Waals surface area contributed by atoms with Crippen LogP contribution in [0.5, 0.6) is 0 Å². The first kappa shape index (κ1) is 15.9. The highest BCUT2D eigenvalue weighted by molar-refractivity contribution is 4.83. The van der Waals surface area contributed by atoms with E-state index in [9.17, 15) is 0 Å². The van der Waals surface area contributed by atoms with Crippen LogP contribution in [0.15, 0.2) is 0 Å². The second-order valence-corrected chi connectivity index (χ2v) is 6.51. The summed E-state index contributed by atoms with van der Waals surface area (Å²) in [6.45, 7) is 15.6. The lowest BCUT2D eigenvalue weighted by atomic mass is 9.75. The summed E-state index contributed by atoms with van der Waals surface area (Å²) in [5, 5.41) is 3.63. The largest absolute Gasteiger partial charge is 0.385 e. The first-order chi connectivity index (χ1) is 7.21. The Morgan fingerprint density at radius 2 is 1.69 bits per heavy atom. The van der Waals surface area contributed by atoms with E-state index in [0.717, 1.165) is 19.6 Å². The molecule has 0 heterocycles. The maximum absolute atomic E-state index is 5.14. The van der Waals surface area contributed by atoms with Crippen molar-refractivity contribution < 1.29 is 4.74 Å². The zero-order chi connectivity index (χ0) is 12.8. The van der Waals surface area contributed by atoms with Gasteiger partial charge >= 0.3 is 0 Å². The van der Waals surface area contributed by atoms with Gasteiger partial charge in [-0.1, -0.05) is 20.8 Å². The highest BCUT2D eigenvalue weighted by Gasteiger charge is 2.28. The molecule has 2 heteroatoms. The Labute approximate surface area is 102 Å². The van der Waals surface area contributed by atoms with Crippen molar-refractivity contribution in [1.29, 1.82) is 0 Å². The predicted molar refractivity (Wildman–Crippen MR) is 71.8 cm³/mol. The van der Waals surface area contributed by atoms with E-state index in [4.69, 9.17) is 4.74 Å². The maximum Gasteiger partial charge on any atom is 0.0462 e. The number of methoxy groups -OCH3 is 1. The molecule has 0 aliphatic carbocycles. The van der Waals surface area contributed by atoms with E-state index in [0.29, 0.717) is 11.3 Å². The first-order valence-corrected chi connectivity index (χ1v) is 6.45. The smallest absolute Gasteiger partial charge is 0.0462 e. The second-order valence-electron chi connectivity index (χ2n) is 6.51. The summed E-state index contributed by atoms with van der Waals surface area (Å²) < 4.78 is 5.14. The van der Waals surface area contributed by atoms with E-state index in [1.54, 1.807) is 7.11 Å². The molecule has 1 unspecified atom stereocenters. The highest BCUT2D eigenvalue weighted by atomic mass is 16.5. The van der Waals surface area contributed by atoms with Crippen molar-refractivity contribution in [3.8, 4) is 0 Å². The van der Waals surface area contributed by atoms with Gasteiger partial charge in [0.2, 0.25) is 0 Å². The third kappa shape index (κ3) is 6.49. The monoisotopic (exact) mass is 229 g/mol. The summed E-state index contributed by atoms with van der Waals surface area (Å²) in [7, 11) is 1.78. The molecule has 0 amide bonds. The molecule has 1 atom stereocenters. The van der Waals surface area contributed by atoms with Gasteiger partial charge in [0.1, 0.15) is 0 Å². The molecule has 0 aliphatic heterocycles. The Balaban J connectivity index is 4.22. The van der Waals surface area contributed by atoms with Crippen LogP contribution in [0, 0.1) is 11.3 Å². The van der Waals surface area contributed by atoms with E-state index in [-0.39, 0.29) is 5.54 Å². The molecule has 0 aromatic carbocycles. The minimum atomic E-state index is 0.206. The molecular weight excluding hydrogens is 198 g/mol. The molecule has 16 heavy (non-hydrogen) atoms. The summed E-state index contributed by atoms with van der Waals surface area (Å²) in [5.74, 6) is 0.694. The molecule has 1 N–H and O–H groups in total. The highest BCUT2D eigenvalue weighted by Crippen LogP contribution is 2.32. The van der Waals surface area contributed by atoms with Crippen molar-refractivity contribution >= 4 is 0 Å². The van der Waals surface area contributed by atoms with E-state index < -0.39 is 0 Å². The molecule has 0 rings (SSSR count). The third-order valence-electron chi connectivity index (χ3n) is 3.51. The van der Waals surface area contributed by atoms with Crippen LogP contribution in [0.25, 0.3) is 0 Å². The lowest BCUT2D eigenvalue weighted by molar-refractivity contribution is 0.135. The van der Waals surface area contributed by atoms with Gasteiger partial charge in [0.15, 0.2) is 0 Å². The van der Waals surface area contributed by atoms with Gasteiger partial charge in [-0.3, -0.25) is 0 Å². The molecule has 0 spiro atoms. The molecule has 0 radical (unpaired) electrons. The summed E-state index contributed by atoms with van der Waals surface area (Å²) >= 11 is 0. The van der Waals surface area contributed by atoms with Crippen LogP contribution in [-0.2, 0) is 4.74 Å². The van der Waals surface area contributed by atoms with Crippen LogP contribution >= 0.6 is 0 Å². The van der Waals surface area contributed by atoms with E-state index in [1.807, 2.05) is 0 Å². The summed E-state index contributed by atoms with van der Waals surface area (Å²) in [6, 6.07) is 0.